The van der Waals surface area contributed by atoms with Crippen LogP contribution in [0.15, 0.2) is 30.0 Å². The summed E-state index contributed by atoms with van der Waals surface area (Å²) in [6, 6.07) is 5.55. The molecule has 2 nitrogen and oxygen atoms in total. The van der Waals surface area contributed by atoms with Gasteiger partial charge in [0.2, 0.25) is 0 Å². The first-order valence-corrected chi connectivity index (χ1v) is 5.92. The van der Waals surface area contributed by atoms with Crippen molar-refractivity contribution in [2.75, 3.05) is 13.7 Å². The Hall–Kier alpha value is -0.700. The molecule has 0 aromatic heterocycles. The first-order valence-electron chi connectivity index (χ1n) is 5.17. The average molecular weight is 258 g/mol. The Labute approximate surface area is 105 Å². The minimum Gasteiger partial charge on any atom is -0.496 e. The summed E-state index contributed by atoms with van der Waals surface area (Å²) in [5.74, 6) is 0.945. The SMILES string of the molecule is CNC(C1=CCCO1)c1cc(Cl)cc(Cl)c1. The maximum Gasteiger partial charge on any atom is 0.114 e. The van der Waals surface area contributed by atoms with Gasteiger partial charge in [0.05, 0.1) is 12.6 Å². The van der Waals surface area contributed by atoms with Gasteiger partial charge in [0.25, 0.3) is 0 Å². The Morgan fingerprint density at radius 1 is 1.25 bits per heavy atom. The molecule has 0 bridgehead atoms. The lowest BCUT2D eigenvalue weighted by Crippen LogP contribution is -2.19. The quantitative estimate of drug-likeness (QED) is 0.895. The summed E-state index contributed by atoms with van der Waals surface area (Å²) in [5.41, 5.74) is 1.02. The number of nitrogens with one attached hydrogen (secondary N) is 1. The molecule has 1 heterocycles. The molecule has 86 valence electrons. The van der Waals surface area contributed by atoms with E-state index >= 15 is 0 Å². The predicted octanol–water partition coefficient (Wildman–Crippen LogP) is 3.56. The van der Waals surface area contributed by atoms with E-state index in [0.717, 1.165) is 24.4 Å². The van der Waals surface area contributed by atoms with Gasteiger partial charge in [-0.1, -0.05) is 23.2 Å². The van der Waals surface area contributed by atoms with E-state index in [9.17, 15) is 0 Å². The third-order valence-electron chi connectivity index (χ3n) is 2.52. The third-order valence-corrected chi connectivity index (χ3v) is 2.96. The molecule has 2 rings (SSSR count). The number of benzene rings is 1. The van der Waals surface area contributed by atoms with Gasteiger partial charge >= 0.3 is 0 Å². The van der Waals surface area contributed by atoms with Gasteiger partial charge < -0.3 is 10.1 Å². The molecule has 1 unspecified atom stereocenters. The van der Waals surface area contributed by atoms with Gasteiger partial charge in [0.1, 0.15) is 5.76 Å². The molecule has 0 saturated heterocycles. The van der Waals surface area contributed by atoms with Gasteiger partial charge in [0, 0.05) is 16.5 Å². The van der Waals surface area contributed by atoms with Gasteiger partial charge in [-0.15, -0.1) is 0 Å². The fourth-order valence-corrected chi connectivity index (χ4v) is 2.40. The summed E-state index contributed by atoms with van der Waals surface area (Å²) in [4.78, 5) is 0. The Morgan fingerprint density at radius 3 is 2.44 bits per heavy atom. The lowest BCUT2D eigenvalue weighted by molar-refractivity contribution is 0.218. The Bertz CT molecular complexity index is 397. The fraction of sp³-hybridized carbons (Fsp3) is 0.333. The minimum absolute atomic E-state index is 0.0266. The largest absolute Gasteiger partial charge is 0.496 e. The fourth-order valence-electron chi connectivity index (χ4n) is 1.85. The molecular weight excluding hydrogens is 245 g/mol. The van der Waals surface area contributed by atoms with Crippen LogP contribution in [-0.4, -0.2) is 13.7 Å². The van der Waals surface area contributed by atoms with Gasteiger partial charge in [-0.3, -0.25) is 0 Å². The van der Waals surface area contributed by atoms with Crippen molar-refractivity contribution in [2.24, 2.45) is 0 Å². The monoisotopic (exact) mass is 257 g/mol. The number of halogens is 2. The molecule has 1 atom stereocenters. The molecule has 0 spiro atoms. The molecule has 0 fully saturated rings. The smallest absolute Gasteiger partial charge is 0.114 e. The van der Waals surface area contributed by atoms with E-state index in [1.165, 1.54) is 0 Å². The second-order valence-electron chi connectivity index (χ2n) is 3.67. The topological polar surface area (TPSA) is 21.3 Å². The van der Waals surface area contributed by atoms with Gasteiger partial charge in [0.15, 0.2) is 0 Å². The molecule has 1 aliphatic heterocycles. The lowest BCUT2D eigenvalue weighted by atomic mass is 10.1. The van der Waals surface area contributed by atoms with E-state index in [1.54, 1.807) is 6.07 Å². The van der Waals surface area contributed by atoms with Crippen LogP contribution in [0.4, 0.5) is 0 Å². The van der Waals surface area contributed by atoms with Gasteiger partial charge in [-0.2, -0.15) is 0 Å². The number of hydrogen-bond acceptors (Lipinski definition) is 2. The molecule has 16 heavy (non-hydrogen) atoms. The Balaban J connectivity index is 2.32. The lowest BCUT2D eigenvalue weighted by Gasteiger charge is -2.18. The average Bonchev–Trinajstić information content (AvgIpc) is 2.70. The van der Waals surface area contributed by atoms with Crippen LogP contribution in [0.25, 0.3) is 0 Å². The zero-order valence-corrected chi connectivity index (χ0v) is 10.5. The van der Waals surface area contributed by atoms with Crippen molar-refractivity contribution in [3.8, 4) is 0 Å². The molecule has 0 radical (unpaired) electrons. The highest BCUT2D eigenvalue weighted by Crippen LogP contribution is 2.30. The molecule has 0 amide bonds. The highest BCUT2D eigenvalue weighted by Gasteiger charge is 2.19. The summed E-state index contributed by atoms with van der Waals surface area (Å²) in [7, 11) is 1.89. The Morgan fingerprint density at radius 2 is 1.94 bits per heavy atom. The first kappa shape index (κ1) is 11.8. The zero-order valence-electron chi connectivity index (χ0n) is 8.97. The summed E-state index contributed by atoms with van der Waals surface area (Å²) in [5, 5.41) is 4.48. The number of likely N-dealkylation sites (N-methyl/N-ethyl adjacent to an activating group) is 1. The second kappa shape index (κ2) is 5.09. The molecule has 0 aliphatic carbocycles. The Kier molecular flexibility index (Phi) is 3.74. The summed E-state index contributed by atoms with van der Waals surface area (Å²) in [6.07, 6.45) is 3.05. The van der Waals surface area contributed by atoms with Gasteiger partial charge in [-0.05, 0) is 36.9 Å². The standard InChI is InChI=1S/C12H13Cl2NO/c1-15-12(11-3-2-4-16-11)8-5-9(13)7-10(14)6-8/h3,5-7,12,15H,2,4H2,1H3. The number of hydrogen-bond donors (Lipinski definition) is 1. The second-order valence-corrected chi connectivity index (χ2v) is 4.54. The van der Waals surface area contributed by atoms with Gasteiger partial charge in [-0.25, -0.2) is 0 Å². The molecule has 1 aliphatic rings. The van der Waals surface area contributed by atoms with Crippen LogP contribution in [0.3, 0.4) is 0 Å². The van der Waals surface area contributed by atoms with Crippen molar-refractivity contribution in [3.05, 3.63) is 45.6 Å². The maximum absolute atomic E-state index is 5.99. The summed E-state index contributed by atoms with van der Waals surface area (Å²) >= 11 is 12.0. The molecule has 1 aromatic rings. The van der Waals surface area contributed by atoms with Crippen molar-refractivity contribution < 1.29 is 4.74 Å². The highest BCUT2D eigenvalue weighted by molar-refractivity contribution is 6.34. The predicted molar refractivity (Wildman–Crippen MR) is 66.9 cm³/mol. The van der Waals surface area contributed by atoms with E-state index in [0.29, 0.717) is 10.0 Å². The van der Waals surface area contributed by atoms with E-state index < -0.39 is 0 Å². The van der Waals surface area contributed by atoms with Crippen LogP contribution in [0.1, 0.15) is 18.0 Å². The van der Waals surface area contributed by atoms with Crippen molar-refractivity contribution >= 4 is 23.2 Å². The molecule has 0 saturated carbocycles. The minimum atomic E-state index is 0.0266. The van der Waals surface area contributed by atoms with Crippen molar-refractivity contribution in [1.29, 1.82) is 0 Å². The molecule has 1 N–H and O–H groups in total. The molecular formula is C12H13Cl2NO. The van der Waals surface area contributed by atoms with E-state index in [4.69, 9.17) is 27.9 Å². The van der Waals surface area contributed by atoms with Crippen molar-refractivity contribution in [2.45, 2.75) is 12.5 Å². The van der Waals surface area contributed by atoms with Crippen molar-refractivity contribution in [3.63, 3.8) is 0 Å². The van der Waals surface area contributed by atoms with E-state index in [2.05, 4.69) is 11.4 Å². The van der Waals surface area contributed by atoms with Crippen LogP contribution in [-0.2, 0) is 4.74 Å². The zero-order chi connectivity index (χ0) is 11.5. The maximum atomic E-state index is 5.99. The number of ether oxygens (including phenoxy) is 1. The summed E-state index contributed by atoms with van der Waals surface area (Å²) < 4.78 is 5.55. The number of rotatable bonds is 3. The molecule has 1 aromatic carbocycles. The van der Waals surface area contributed by atoms with Crippen LogP contribution >= 0.6 is 23.2 Å². The van der Waals surface area contributed by atoms with Crippen LogP contribution in [0, 0.1) is 0 Å². The van der Waals surface area contributed by atoms with E-state index in [-0.39, 0.29) is 6.04 Å². The summed E-state index contributed by atoms with van der Waals surface area (Å²) in [6.45, 7) is 0.752. The molecule has 4 heteroatoms. The first-order chi connectivity index (χ1) is 7.70. The van der Waals surface area contributed by atoms with E-state index in [1.807, 2.05) is 19.2 Å². The van der Waals surface area contributed by atoms with Crippen LogP contribution in [0.2, 0.25) is 10.0 Å². The van der Waals surface area contributed by atoms with Crippen LogP contribution < -0.4 is 5.32 Å². The third kappa shape index (κ3) is 2.51. The highest BCUT2D eigenvalue weighted by atomic mass is 35.5. The van der Waals surface area contributed by atoms with Crippen molar-refractivity contribution in [1.82, 2.24) is 5.32 Å². The normalized spacial score (nSPS) is 16.8. The van der Waals surface area contributed by atoms with Crippen LogP contribution in [0.5, 0.6) is 0 Å².